The van der Waals surface area contributed by atoms with Gasteiger partial charge in [-0.3, -0.25) is 4.79 Å². The number of benzene rings is 2. The lowest BCUT2D eigenvalue weighted by atomic mass is 10.2. The fraction of sp³-hybridized carbons (Fsp3) is 0.211. The molecular formula is C19H19N3O4. The quantitative estimate of drug-likeness (QED) is 0.552. The van der Waals surface area contributed by atoms with Crippen LogP contribution in [-0.4, -0.2) is 31.9 Å². The molecule has 0 aliphatic rings. The van der Waals surface area contributed by atoms with Gasteiger partial charge in [-0.15, -0.1) is 0 Å². The number of nitrogens with zero attached hydrogens (tertiary/aromatic N) is 2. The van der Waals surface area contributed by atoms with Crippen LogP contribution in [-0.2, 0) is 4.79 Å². The number of para-hydroxylation sites is 1. The van der Waals surface area contributed by atoms with E-state index in [-0.39, 0.29) is 19.1 Å². The minimum Gasteiger partial charge on any atom is -0.490 e. The molecule has 0 saturated heterocycles. The number of ether oxygens (including phenoxy) is 3. The third-order valence-corrected chi connectivity index (χ3v) is 3.08. The number of hydrogen-bond acceptors (Lipinski definition) is 6. The lowest BCUT2D eigenvalue weighted by molar-refractivity contribution is -0.123. The first-order valence-electron chi connectivity index (χ1n) is 7.99. The highest BCUT2D eigenvalue weighted by atomic mass is 16.5. The largest absolute Gasteiger partial charge is 0.490 e. The summed E-state index contributed by atoms with van der Waals surface area (Å²) in [6.45, 7) is 2.11. The van der Waals surface area contributed by atoms with Gasteiger partial charge < -0.3 is 14.2 Å². The zero-order valence-electron chi connectivity index (χ0n) is 14.3. The Morgan fingerprint density at radius 2 is 1.96 bits per heavy atom. The van der Waals surface area contributed by atoms with Crippen LogP contribution in [0, 0.1) is 11.3 Å². The first-order valence-corrected chi connectivity index (χ1v) is 7.99. The van der Waals surface area contributed by atoms with Gasteiger partial charge >= 0.3 is 0 Å². The minimum absolute atomic E-state index is 0.0645. The molecule has 7 heteroatoms. The van der Waals surface area contributed by atoms with Crippen molar-refractivity contribution in [3.63, 3.8) is 0 Å². The molecule has 1 amide bonds. The second-order valence-corrected chi connectivity index (χ2v) is 4.98. The molecule has 0 fully saturated rings. The minimum atomic E-state index is -0.371. The average molecular weight is 353 g/mol. The molecule has 0 aliphatic carbocycles. The maximum atomic E-state index is 11.7. The van der Waals surface area contributed by atoms with Gasteiger partial charge in [-0.1, -0.05) is 18.2 Å². The van der Waals surface area contributed by atoms with E-state index in [9.17, 15) is 4.79 Å². The van der Waals surface area contributed by atoms with Crippen LogP contribution >= 0.6 is 0 Å². The maximum Gasteiger partial charge on any atom is 0.277 e. The summed E-state index contributed by atoms with van der Waals surface area (Å²) in [6, 6.07) is 16.1. The normalized spacial score (nSPS) is 10.2. The molecule has 0 atom stereocenters. The van der Waals surface area contributed by atoms with Gasteiger partial charge in [-0.25, -0.2) is 5.43 Å². The Kier molecular flexibility index (Phi) is 7.49. The van der Waals surface area contributed by atoms with E-state index in [0.717, 1.165) is 0 Å². The van der Waals surface area contributed by atoms with Crippen LogP contribution in [0.4, 0.5) is 0 Å². The van der Waals surface area contributed by atoms with Crippen LogP contribution < -0.4 is 19.6 Å². The predicted molar refractivity (Wildman–Crippen MR) is 96.4 cm³/mol. The van der Waals surface area contributed by atoms with Crippen molar-refractivity contribution >= 4 is 12.1 Å². The molecule has 2 aromatic rings. The number of hydrogen-bond donors (Lipinski definition) is 1. The van der Waals surface area contributed by atoms with Crippen molar-refractivity contribution < 1.29 is 19.0 Å². The molecule has 0 heterocycles. The van der Waals surface area contributed by atoms with Crippen LogP contribution in [0.1, 0.15) is 12.5 Å². The molecular weight excluding hydrogens is 334 g/mol. The Hall–Kier alpha value is -3.53. The topological polar surface area (TPSA) is 92.9 Å². The number of carbonyl (C=O) groups excluding carboxylic acids is 1. The van der Waals surface area contributed by atoms with E-state index in [4.69, 9.17) is 19.5 Å². The Morgan fingerprint density at radius 3 is 2.69 bits per heavy atom. The fourth-order valence-corrected chi connectivity index (χ4v) is 1.98. The summed E-state index contributed by atoms with van der Waals surface area (Å²) >= 11 is 0. The summed E-state index contributed by atoms with van der Waals surface area (Å²) in [4.78, 5) is 11.7. The molecule has 134 valence electrons. The van der Waals surface area contributed by atoms with E-state index in [1.54, 1.807) is 30.3 Å². The number of amides is 1. The zero-order valence-corrected chi connectivity index (χ0v) is 14.3. The molecule has 0 aromatic heterocycles. The van der Waals surface area contributed by atoms with Crippen LogP contribution in [0.25, 0.3) is 0 Å². The molecule has 0 aliphatic heterocycles. The Morgan fingerprint density at radius 1 is 1.15 bits per heavy atom. The number of hydrazone groups is 1. The summed E-state index contributed by atoms with van der Waals surface area (Å²) in [5.74, 6) is 1.22. The van der Waals surface area contributed by atoms with E-state index < -0.39 is 0 Å². The van der Waals surface area contributed by atoms with Crippen LogP contribution in [0.3, 0.4) is 0 Å². The van der Waals surface area contributed by atoms with Gasteiger partial charge in [0.2, 0.25) is 0 Å². The summed E-state index contributed by atoms with van der Waals surface area (Å²) in [5.41, 5.74) is 3.10. The van der Waals surface area contributed by atoms with Gasteiger partial charge in [0.1, 0.15) is 11.8 Å². The number of nitriles is 1. The van der Waals surface area contributed by atoms with Gasteiger partial charge in [0.15, 0.2) is 24.7 Å². The number of rotatable bonds is 9. The highest BCUT2D eigenvalue weighted by Gasteiger charge is 2.06. The molecule has 26 heavy (non-hydrogen) atoms. The summed E-state index contributed by atoms with van der Waals surface area (Å²) in [7, 11) is 0. The Bertz CT molecular complexity index is 785. The van der Waals surface area contributed by atoms with Gasteiger partial charge in [0, 0.05) is 0 Å². The lowest BCUT2D eigenvalue weighted by Gasteiger charge is -2.10. The zero-order chi connectivity index (χ0) is 18.6. The smallest absolute Gasteiger partial charge is 0.277 e. The van der Waals surface area contributed by atoms with Gasteiger partial charge in [-0.05, 0) is 42.8 Å². The highest BCUT2D eigenvalue weighted by Crippen LogP contribution is 2.27. The predicted octanol–water partition coefficient (Wildman–Crippen LogP) is 2.52. The molecule has 2 aromatic carbocycles. The van der Waals surface area contributed by atoms with E-state index in [0.29, 0.717) is 29.4 Å². The van der Waals surface area contributed by atoms with Crippen molar-refractivity contribution in [1.29, 1.82) is 5.26 Å². The van der Waals surface area contributed by atoms with E-state index >= 15 is 0 Å². The van der Waals surface area contributed by atoms with Crippen molar-refractivity contribution in [2.24, 2.45) is 5.10 Å². The van der Waals surface area contributed by atoms with Crippen molar-refractivity contribution in [3.8, 4) is 23.3 Å². The Balaban J connectivity index is 1.89. The van der Waals surface area contributed by atoms with Crippen LogP contribution in [0.15, 0.2) is 53.6 Å². The van der Waals surface area contributed by atoms with Crippen LogP contribution in [0.5, 0.6) is 17.2 Å². The standard InChI is InChI=1S/C19H19N3O4/c1-2-24-18-12-15(8-9-17(18)25-11-10-20)13-21-22-19(23)14-26-16-6-4-3-5-7-16/h3-9,12-13H,2,11,14H2,1H3,(H,22,23). The van der Waals surface area contributed by atoms with E-state index in [1.165, 1.54) is 6.21 Å². The number of carbonyl (C=O) groups is 1. The highest BCUT2D eigenvalue weighted by molar-refractivity contribution is 5.83. The van der Waals surface area contributed by atoms with Gasteiger partial charge in [0.25, 0.3) is 5.91 Å². The molecule has 0 unspecified atom stereocenters. The van der Waals surface area contributed by atoms with E-state index in [2.05, 4.69) is 10.5 Å². The average Bonchev–Trinajstić information content (AvgIpc) is 2.67. The van der Waals surface area contributed by atoms with Crippen molar-refractivity contribution in [2.45, 2.75) is 6.92 Å². The molecule has 1 N–H and O–H groups in total. The molecule has 0 bridgehead atoms. The Labute approximate surface area is 151 Å². The molecule has 0 saturated carbocycles. The van der Waals surface area contributed by atoms with E-state index in [1.807, 2.05) is 31.2 Å². The maximum absolute atomic E-state index is 11.7. The third kappa shape index (κ3) is 6.17. The SMILES string of the molecule is CCOc1cc(C=NNC(=O)COc2ccccc2)ccc1OCC#N. The van der Waals surface area contributed by atoms with Crippen LogP contribution in [0.2, 0.25) is 0 Å². The fourth-order valence-electron chi connectivity index (χ4n) is 1.98. The van der Waals surface area contributed by atoms with Crippen molar-refractivity contribution in [1.82, 2.24) is 5.43 Å². The molecule has 0 radical (unpaired) electrons. The second-order valence-electron chi connectivity index (χ2n) is 4.98. The van der Waals surface area contributed by atoms with Gasteiger partial charge in [0.05, 0.1) is 12.8 Å². The van der Waals surface area contributed by atoms with Crippen molar-refractivity contribution in [3.05, 3.63) is 54.1 Å². The number of nitrogens with one attached hydrogen (secondary N) is 1. The lowest BCUT2D eigenvalue weighted by Crippen LogP contribution is -2.24. The first-order chi connectivity index (χ1) is 12.7. The molecule has 0 spiro atoms. The summed E-state index contributed by atoms with van der Waals surface area (Å²) in [5, 5.41) is 12.5. The summed E-state index contributed by atoms with van der Waals surface area (Å²) < 4.78 is 16.1. The molecule has 2 rings (SSSR count). The van der Waals surface area contributed by atoms with Gasteiger partial charge in [-0.2, -0.15) is 10.4 Å². The molecule has 7 nitrogen and oxygen atoms in total. The third-order valence-electron chi connectivity index (χ3n) is 3.08. The second kappa shape index (κ2) is 10.4. The van der Waals surface area contributed by atoms with Crippen molar-refractivity contribution in [2.75, 3.05) is 19.8 Å². The first kappa shape index (κ1) is 18.8. The summed E-state index contributed by atoms with van der Waals surface area (Å²) in [6.07, 6.45) is 1.48. The monoisotopic (exact) mass is 353 g/mol.